The van der Waals surface area contributed by atoms with Crippen LogP contribution < -0.4 is 9.30 Å². The Morgan fingerprint density at radius 2 is 1.53 bits per heavy atom. The molecule has 2 aromatic heterocycles. The summed E-state index contributed by atoms with van der Waals surface area (Å²) in [6.45, 7) is 11.0. The third-order valence-corrected chi connectivity index (χ3v) is 9.19. The SMILES string of the molecule is CC(C)(C)c1cc(Oc2nc3[n+](c4ccccc24)C(C)(C)c2cccc4ccc(O)c-3c24)cc(-c2nccc3ccccc23)c1. The van der Waals surface area contributed by atoms with Crippen LogP contribution in [-0.2, 0) is 11.0 Å². The average Bonchev–Trinajstić information content (AvgIpc) is 3.03. The third kappa shape index (κ3) is 4.18. The summed E-state index contributed by atoms with van der Waals surface area (Å²) in [5, 5.41) is 16.5. The smallest absolute Gasteiger partial charge is 0.345 e. The van der Waals surface area contributed by atoms with Crippen LogP contribution in [0.3, 0.4) is 0 Å². The van der Waals surface area contributed by atoms with Gasteiger partial charge >= 0.3 is 11.7 Å². The van der Waals surface area contributed by atoms with Gasteiger partial charge in [-0.05, 0) is 83.0 Å². The van der Waals surface area contributed by atoms with E-state index in [-0.39, 0.29) is 11.2 Å². The predicted octanol–water partition coefficient (Wildman–Crippen LogP) is 9.45. The standard InChI is InChI=1S/C40H33N3O2/c1-39(2,3)27-21-26(36-29-13-7-6-11-24(29)19-20-41-36)22-28(23-27)45-38-30-14-8-9-16-32(30)43-37(42-38)35-33(44)18-17-25-12-10-15-31(34(25)35)40(43,4)5/h6-23H,1-5H3/p+1. The van der Waals surface area contributed by atoms with Crippen LogP contribution in [0.1, 0.15) is 45.7 Å². The molecule has 0 amide bonds. The van der Waals surface area contributed by atoms with Gasteiger partial charge < -0.3 is 9.84 Å². The first kappa shape index (κ1) is 27.3. The summed E-state index contributed by atoms with van der Waals surface area (Å²) in [4.78, 5) is 10.0. The van der Waals surface area contributed by atoms with E-state index in [9.17, 15) is 5.11 Å². The Morgan fingerprint density at radius 3 is 2.36 bits per heavy atom. The highest BCUT2D eigenvalue weighted by Crippen LogP contribution is 2.46. The molecule has 0 fully saturated rings. The van der Waals surface area contributed by atoms with Crippen molar-refractivity contribution in [2.75, 3.05) is 0 Å². The maximum absolute atomic E-state index is 11.3. The molecule has 0 atom stereocenters. The van der Waals surface area contributed by atoms with Gasteiger partial charge in [0.25, 0.3) is 0 Å². The molecule has 7 aromatic rings. The van der Waals surface area contributed by atoms with Crippen molar-refractivity contribution >= 4 is 32.4 Å². The van der Waals surface area contributed by atoms with Crippen LogP contribution >= 0.6 is 0 Å². The number of pyridine rings is 1. The minimum atomic E-state index is -0.430. The largest absolute Gasteiger partial charge is 0.507 e. The summed E-state index contributed by atoms with van der Waals surface area (Å²) in [6.07, 6.45) is 1.87. The second kappa shape index (κ2) is 9.60. The lowest BCUT2D eigenvalue weighted by molar-refractivity contribution is -0.716. The number of para-hydroxylation sites is 1. The molecule has 0 unspecified atom stereocenters. The minimum absolute atomic E-state index is 0.130. The van der Waals surface area contributed by atoms with Gasteiger partial charge in [-0.25, -0.2) is 4.57 Å². The summed E-state index contributed by atoms with van der Waals surface area (Å²) in [5.74, 6) is 2.06. The van der Waals surface area contributed by atoms with Crippen LogP contribution in [0.5, 0.6) is 17.4 Å². The zero-order valence-corrected chi connectivity index (χ0v) is 26.1. The van der Waals surface area contributed by atoms with E-state index >= 15 is 0 Å². The van der Waals surface area contributed by atoms with Crippen LogP contribution in [0, 0.1) is 0 Å². The van der Waals surface area contributed by atoms with Crippen molar-refractivity contribution in [2.24, 2.45) is 0 Å². The van der Waals surface area contributed by atoms with Gasteiger partial charge in [-0.3, -0.25) is 4.98 Å². The van der Waals surface area contributed by atoms with Gasteiger partial charge in [0.2, 0.25) is 0 Å². The molecule has 5 aromatic carbocycles. The number of hydrogen-bond acceptors (Lipinski definition) is 4. The van der Waals surface area contributed by atoms with Gasteiger partial charge in [0.15, 0.2) is 0 Å². The summed E-state index contributed by atoms with van der Waals surface area (Å²) in [7, 11) is 0. The van der Waals surface area contributed by atoms with Gasteiger partial charge in [0.1, 0.15) is 33.5 Å². The van der Waals surface area contributed by atoms with E-state index < -0.39 is 5.54 Å². The number of nitrogens with zero attached hydrogens (tertiary/aromatic N) is 3. The van der Waals surface area contributed by atoms with Crippen molar-refractivity contribution in [3.63, 3.8) is 0 Å². The van der Waals surface area contributed by atoms with E-state index in [4.69, 9.17) is 14.7 Å². The molecule has 0 spiro atoms. The Balaban J connectivity index is 1.38. The molecule has 5 nitrogen and oxygen atoms in total. The van der Waals surface area contributed by atoms with Gasteiger partial charge in [-0.15, -0.1) is 0 Å². The number of ether oxygens (including phenoxy) is 1. The van der Waals surface area contributed by atoms with E-state index in [0.29, 0.717) is 17.5 Å². The molecule has 45 heavy (non-hydrogen) atoms. The molecule has 1 N–H and O–H groups in total. The number of aromatic nitrogens is 3. The summed E-state index contributed by atoms with van der Waals surface area (Å²) in [5.41, 5.74) is 5.34. The summed E-state index contributed by atoms with van der Waals surface area (Å²) >= 11 is 0. The van der Waals surface area contributed by atoms with Crippen molar-refractivity contribution in [2.45, 2.75) is 45.6 Å². The number of phenols is 1. The maximum atomic E-state index is 11.3. The summed E-state index contributed by atoms with van der Waals surface area (Å²) < 4.78 is 9.06. The number of hydrogen-bond donors (Lipinski definition) is 1. The molecule has 3 heterocycles. The van der Waals surface area contributed by atoms with E-state index in [0.717, 1.165) is 60.4 Å². The monoisotopic (exact) mass is 588 g/mol. The van der Waals surface area contributed by atoms with E-state index in [2.05, 4.69) is 112 Å². The van der Waals surface area contributed by atoms with Gasteiger partial charge in [0.05, 0.1) is 5.69 Å². The molecule has 5 heteroatoms. The Labute approximate surface area is 262 Å². The van der Waals surface area contributed by atoms with Crippen LogP contribution in [-0.4, -0.2) is 15.1 Å². The van der Waals surface area contributed by atoms with E-state index in [1.807, 2.05) is 30.5 Å². The van der Waals surface area contributed by atoms with Crippen molar-refractivity contribution in [3.05, 3.63) is 120 Å². The number of benzene rings is 5. The molecule has 1 aliphatic heterocycles. The van der Waals surface area contributed by atoms with Crippen LogP contribution in [0.2, 0.25) is 0 Å². The highest BCUT2D eigenvalue weighted by Gasteiger charge is 2.43. The Morgan fingerprint density at radius 1 is 0.778 bits per heavy atom. The molecule has 1 aliphatic rings. The van der Waals surface area contributed by atoms with Crippen molar-refractivity contribution in [1.29, 1.82) is 0 Å². The molecule has 0 saturated heterocycles. The van der Waals surface area contributed by atoms with E-state index in [1.165, 1.54) is 0 Å². The topological polar surface area (TPSA) is 59.1 Å². The number of aromatic hydroxyl groups is 1. The van der Waals surface area contributed by atoms with Gasteiger partial charge in [-0.2, -0.15) is 0 Å². The zero-order chi connectivity index (χ0) is 31.1. The quantitative estimate of drug-likeness (QED) is 0.209. The first-order chi connectivity index (χ1) is 21.6. The second-order valence-corrected chi connectivity index (χ2v) is 13.5. The van der Waals surface area contributed by atoms with E-state index in [1.54, 1.807) is 6.07 Å². The van der Waals surface area contributed by atoms with Gasteiger partial charge in [-0.1, -0.05) is 81.4 Å². The van der Waals surface area contributed by atoms with Gasteiger partial charge in [0, 0.05) is 28.1 Å². The Bertz CT molecular complexity index is 2330. The molecular formula is C40H34N3O2+. The molecule has 0 saturated carbocycles. The zero-order valence-electron chi connectivity index (χ0n) is 26.1. The number of phenolic OH excluding ortho intramolecular Hbond substituents is 1. The molecule has 0 aliphatic carbocycles. The minimum Gasteiger partial charge on any atom is -0.507 e. The Hall–Kier alpha value is -5.29. The Kier molecular flexibility index (Phi) is 5.82. The highest BCUT2D eigenvalue weighted by atomic mass is 16.5. The molecule has 0 radical (unpaired) electrons. The lowest BCUT2D eigenvalue weighted by atomic mass is 9.82. The fourth-order valence-corrected chi connectivity index (χ4v) is 6.90. The molecule has 220 valence electrons. The fourth-order valence-electron chi connectivity index (χ4n) is 6.90. The summed E-state index contributed by atoms with van der Waals surface area (Å²) in [6, 6.07) is 35.0. The average molecular weight is 589 g/mol. The lowest BCUT2D eigenvalue weighted by Crippen LogP contribution is -2.57. The van der Waals surface area contributed by atoms with Crippen molar-refractivity contribution < 1.29 is 14.4 Å². The second-order valence-electron chi connectivity index (χ2n) is 13.5. The predicted molar refractivity (Wildman–Crippen MR) is 181 cm³/mol. The first-order valence-corrected chi connectivity index (χ1v) is 15.4. The molecule has 0 bridgehead atoms. The number of rotatable bonds is 3. The fraction of sp³-hybridized carbons (Fsp3) is 0.175. The first-order valence-electron chi connectivity index (χ1n) is 15.4. The lowest BCUT2D eigenvalue weighted by Gasteiger charge is -2.32. The molecule has 8 rings (SSSR count). The van der Waals surface area contributed by atoms with Crippen LogP contribution in [0.4, 0.5) is 0 Å². The van der Waals surface area contributed by atoms with Crippen LogP contribution in [0.15, 0.2) is 109 Å². The van der Waals surface area contributed by atoms with Crippen LogP contribution in [0.25, 0.3) is 55.1 Å². The number of fused-ring (bicyclic) bond motifs is 5. The maximum Gasteiger partial charge on any atom is 0.345 e. The van der Waals surface area contributed by atoms with Crippen molar-refractivity contribution in [3.8, 4) is 40.0 Å². The normalized spacial score (nSPS) is 13.7. The molecular weight excluding hydrogens is 554 g/mol. The third-order valence-electron chi connectivity index (χ3n) is 9.19. The van der Waals surface area contributed by atoms with Crippen molar-refractivity contribution in [1.82, 2.24) is 9.97 Å². The highest BCUT2D eigenvalue weighted by molar-refractivity contribution is 6.02.